The number of para-hydroxylation sites is 1. The summed E-state index contributed by atoms with van der Waals surface area (Å²) >= 11 is 0. The van der Waals surface area contributed by atoms with Gasteiger partial charge in [-0.05, 0) is 41.7 Å². The summed E-state index contributed by atoms with van der Waals surface area (Å²) in [7, 11) is -2.02. The maximum atomic E-state index is 12.2. The molecule has 0 saturated carbocycles. The molecule has 166 valence electrons. The molecule has 2 aromatic rings. The second-order valence-electron chi connectivity index (χ2n) is 6.52. The maximum absolute atomic E-state index is 12.2. The van der Waals surface area contributed by atoms with Gasteiger partial charge in [-0.15, -0.1) is 24.0 Å². The Hall–Kier alpha value is -1.69. The van der Waals surface area contributed by atoms with E-state index < -0.39 is 10.0 Å². The number of benzene rings is 2. The van der Waals surface area contributed by atoms with Gasteiger partial charge in [0.15, 0.2) is 5.96 Å². The highest BCUT2D eigenvalue weighted by Gasteiger charge is 2.13. The van der Waals surface area contributed by atoms with Gasteiger partial charge in [0.1, 0.15) is 0 Å². The lowest BCUT2D eigenvalue weighted by atomic mass is 10.0. The first-order valence-corrected chi connectivity index (χ1v) is 11.1. The molecule has 0 amide bonds. The number of aliphatic imine (C=N–C) groups is 1. The minimum absolute atomic E-state index is 0. The Balaban J connectivity index is 0.00000450. The fourth-order valence-corrected chi connectivity index (χ4v) is 3.90. The average Bonchev–Trinajstić information content (AvgIpc) is 2.72. The summed E-state index contributed by atoms with van der Waals surface area (Å²) in [6, 6.07) is 12.8. The molecule has 30 heavy (non-hydrogen) atoms. The lowest BCUT2D eigenvalue weighted by Gasteiger charge is -2.14. The summed E-state index contributed by atoms with van der Waals surface area (Å²) in [6.45, 7) is 5.11. The number of nitrogens with zero attached hydrogens (tertiary/aromatic N) is 1. The van der Waals surface area contributed by atoms with Crippen molar-refractivity contribution in [3.05, 3.63) is 59.2 Å². The minimum Gasteiger partial charge on any atom is -0.383 e. The summed E-state index contributed by atoms with van der Waals surface area (Å²) in [5.74, 6) is 0.332. The summed E-state index contributed by atoms with van der Waals surface area (Å²) in [5.41, 5.74) is 10.4. The molecule has 2 aromatic carbocycles. The largest absolute Gasteiger partial charge is 0.383 e. The monoisotopic (exact) mass is 546 g/mol. The highest BCUT2D eigenvalue weighted by molar-refractivity contribution is 14.0. The van der Waals surface area contributed by atoms with E-state index in [1.165, 1.54) is 18.2 Å². The molecule has 0 aliphatic carbocycles. The minimum atomic E-state index is -3.54. The molecule has 0 bridgehead atoms. The lowest BCUT2D eigenvalue weighted by Crippen LogP contribution is -2.27. The molecule has 0 unspecified atom stereocenters. The standard InChI is InChI=1S/C21H30N4O3S.HI/c1-4-17-7-6-8-18(5-2)20(17)25-21(22)23-15-16-9-11-19(12-10-16)29(26,27)24-13-14-28-3;/h6-12,24H,4-5,13-15H2,1-3H3,(H3,22,23,25);1H. The van der Waals surface area contributed by atoms with Crippen LogP contribution in [0.4, 0.5) is 5.69 Å². The van der Waals surface area contributed by atoms with Crippen molar-refractivity contribution in [1.82, 2.24) is 4.72 Å². The first-order chi connectivity index (χ1) is 13.9. The molecule has 4 N–H and O–H groups in total. The predicted molar refractivity (Wildman–Crippen MR) is 133 cm³/mol. The number of guanidine groups is 1. The van der Waals surface area contributed by atoms with Crippen LogP contribution in [0.15, 0.2) is 52.4 Å². The quantitative estimate of drug-likeness (QED) is 0.184. The first kappa shape index (κ1) is 26.3. The number of hydrogen-bond acceptors (Lipinski definition) is 4. The number of sulfonamides is 1. The smallest absolute Gasteiger partial charge is 0.240 e. The number of aryl methyl sites for hydroxylation is 2. The van der Waals surface area contributed by atoms with E-state index >= 15 is 0 Å². The van der Waals surface area contributed by atoms with Crippen LogP contribution in [-0.2, 0) is 34.1 Å². The van der Waals surface area contributed by atoms with Crippen molar-refractivity contribution < 1.29 is 13.2 Å². The molecular formula is C21H31IN4O3S. The van der Waals surface area contributed by atoms with E-state index in [-0.39, 0.29) is 35.4 Å². The zero-order valence-corrected chi connectivity index (χ0v) is 20.8. The SMILES string of the molecule is CCc1cccc(CC)c1NC(N)=NCc1ccc(S(=O)(=O)NCCOC)cc1.I. The number of rotatable bonds is 10. The van der Waals surface area contributed by atoms with Crippen LogP contribution in [0.5, 0.6) is 0 Å². The molecular weight excluding hydrogens is 515 g/mol. The summed E-state index contributed by atoms with van der Waals surface area (Å²) < 4.78 is 31.7. The van der Waals surface area contributed by atoms with Gasteiger partial charge >= 0.3 is 0 Å². The number of hydrogen-bond donors (Lipinski definition) is 3. The molecule has 2 rings (SSSR count). The van der Waals surface area contributed by atoms with Gasteiger partial charge in [-0.25, -0.2) is 18.1 Å². The first-order valence-electron chi connectivity index (χ1n) is 9.66. The Kier molecular flexibility index (Phi) is 11.3. The van der Waals surface area contributed by atoms with Crippen LogP contribution in [0.3, 0.4) is 0 Å². The number of anilines is 1. The fourth-order valence-electron chi connectivity index (χ4n) is 2.88. The molecule has 0 aliphatic heterocycles. The van der Waals surface area contributed by atoms with Crippen LogP contribution in [0.1, 0.15) is 30.5 Å². The fraction of sp³-hybridized carbons (Fsp3) is 0.381. The molecule has 9 heteroatoms. The Morgan fingerprint density at radius 1 is 1.07 bits per heavy atom. The molecule has 0 radical (unpaired) electrons. The van der Waals surface area contributed by atoms with Crippen LogP contribution >= 0.6 is 24.0 Å². The second-order valence-corrected chi connectivity index (χ2v) is 8.29. The number of nitrogens with one attached hydrogen (secondary N) is 2. The van der Waals surface area contributed by atoms with E-state index in [4.69, 9.17) is 10.5 Å². The Morgan fingerprint density at radius 3 is 2.20 bits per heavy atom. The molecule has 7 nitrogen and oxygen atoms in total. The molecule has 0 spiro atoms. The Morgan fingerprint density at radius 2 is 1.67 bits per heavy atom. The van der Waals surface area contributed by atoms with Gasteiger partial charge in [-0.2, -0.15) is 0 Å². The zero-order valence-electron chi connectivity index (χ0n) is 17.6. The van der Waals surface area contributed by atoms with Gasteiger partial charge in [0.25, 0.3) is 0 Å². The molecule has 0 aromatic heterocycles. The lowest BCUT2D eigenvalue weighted by molar-refractivity contribution is 0.204. The molecule has 0 aliphatic rings. The summed E-state index contributed by atoms with van der Waals surface area (Å²) in [5, 5.41) is 3.23. The van der Waals surface area contributed by atoms with Gasteiger partial charge in [0.05, 0.1) is 18.0 Å². The van der Waals surface area contributed by atoms with E-state index in [1.807, 2.05) is 0 Å². The van der Waals surface area contributed by atoms with Crippen molar-refractivity contribution in [3.8, 4) is 0 Å². The van der Waals surface area contributed by atoms with Crippen molar-refractivity contribution in [2.45, 2.75) is 38.1 Å². The van der Waals surface area contributed by atoms with Crippen LogP contribution < -0.4 is 15.8 Å². The predicted octanol–water partition coefficient (Wildman–Crippen LogP) is 3.28. The van der Waals surface area contributed by atoms with E-state index in [0.717, 1.165) is 24.1 Å². The number of nitrogens with two attached hydrogens (primary N) is 1. The van der Waals surface area contributed by atoms with Crippen molar-refractivity contribution in [3.63, 3.8) is 0 Å². The highest BCUT2D eigenvalue weighted by Crippen LogP contribution is 2.22. The molecule has 0 atom stereocenters. The Labute approximate surface area is 196 Å². The summed E-state index contributed by atoms with van der Waals surface area (Å²) in [6.07, 6.45) is 1.80. The van der Waals surface area contributed by atoms with E-state index in [2.05, 4.69) is 47.1 Å². The topological polar surface area (TPSA) is 106 Å². The van der Waals surface area contributed by atoms with E-state index in [1.54, 1.807) is 24.3 Å². The van der Waals surface area contributed by atoms with Crippen LogP contribution in [0, 0.1) is 0 Å². The third-order valence-corrected chi connectivity index (χ3v) is 5.99. The van der Waals surface area contributed by atoms with Crippen molar-refractivity contribution in [1.29, 1.82) is 0 Å². The van der Waals surface area contributed by atoms with Gasteiger partial charge in [0, 0.05) is 19.3 Å². The van der Waals surface area contributed by atoms with Crippen molar-refractivity contribution in [2.75, 3.05) is 25.6 Å². The molecule has 0 heterocycles. The molecule has 0 fully saturated rings. The maximum Gasteiger partial charge on any atom is 0.240 e. The van der Waals surface area contributed by atoms with Crippen LogP contribution in [0.2, 0.25) is 0 Å². The van der Waals surface area contributed by atoms with Gasteiger partial charge in [-0.3, -0.25) is 0 Å². The van der Waals surface area contributed by atoms with Crippen LogP contribution in [0.25, 0.3) is 0 Å². The highest BCUT2D eigenvalue weighted by atomic mass is 127. The van der Waals surface area contributed by atoms with E-state index in [9.17, 15) is 8.42 Å². The average molecular weight is 546 g/mol. The second kappa shape index (κ2) is 12.9. The van der Waals surface area contributed by atoms with Crippen molar-refractivity contribution >= 4 is 45.6 Å². The number of ether oxygens (including phenoxy) is 1. The van der Waals surface area contributed by atoms with Crippen molar-refractivity contribution in [2.24, 2.45) is 10.7 Å². The van der Waals surface area contributed by atoms with Gasteiger partial charge < -0.3 is 15.8 Å². The Bertz CT molecular complexity index is 910. The third kappa shape index (κ3) is 7.53. The van der Waals surface area contributed by atoms with Gasteiger partial charge in [0.2, 0.25) is 10.0 Å². The number of halogens is 1. The normalized spacial score (nSPS) is 11.8. The number of methoxy groups -OCH3 is 1. The van der Waals surface area contributed by atoms with Crippen LogP contribution in [-0.4, -0.2) is 34.6 Å². The summed E-state index contributed by atoms with van der Waals surface area (Å²) in [4.78, 5) is 4.60. The zero-order chi connectivity index (χ0) is 21.3. The van der Waals surface area contributed by atoms with E-state index in [0.29, 0.717) is 19.1 Å². The molecule has 0 saturated heterocycles. The van der Waals surface area contributed by atoms with Gasteiger partial charge in [-0.1, -0.05) is 44.2 Å². The third-order valence-electron chi connectivity index (χ3n) is 4.52.